The molecule has 37 heavy (non-hydrogen) atoms. The lowest BCUT2D eigenvalue weighted by Crippen LogP contribution is -2.22. The Labute approximate surface area is 262 Å². The van der Waals surface area contributed by atoms with E-state index in [2.05, 4.69) is 95.6 Å². The molecule has 0 saturated carbocycles. The minimum absolute atomic E-state index is 0.286. The number of carbonyl (C=O) groups excluding carboxylic acids is 2. The first-order chi connectivity index (χ1) is 17.5. The summed E-state index contributed by atoms with van der Waals surface area (Å²) in [5.74, 6) is 1.67. The fraction of sp³-hybridized carbons (Fsp3) is 0.120. The second kappa shape index (κ2) is 11.5. The van der Waals surface area contributed by atoms with Gasteiger partial charge in [0.25, 0.3) is 12.9 Å². The van der Waals surface area contributed by atoms with Crippen LogP contribution in [0.2, 0.25) is 0 Å². The molecule has 12 heteroatoms. The van der Waals surface area contributed by atoms with Crippen LogP contribution in [0.15, 0.2) is 72.5 Å². The van der Waals surface area contributed by atoms with Crippen LogP contribution >= 0.6 is 95.6 Å². The van der Waals surface area contributed by atoms with E-state index in [4.69, 9.17) is 18.3 Å². The maximum absolute atomic E-state index is 11.6. The van der Waals surface area contributed by atoms with Crippen molar-refractivity contribution in [3.8, 4) is 34.1 Å². The number of rotatable bonds is 8. The van der Waals surface area contributed by atoms with E-state index in [1.807, 2.05) is 26.0 Å². The van der Waals surface area contributed by atoms with Crippen LogP contribution in [0.25, 0.3) is 22.6 Å². The number of ether oxygens (including phenoxy) is 2. The predicted molar refractivity (Wildman–Crippen MR) is 160 cm³/mol. The smallest absolute Gasteiger partial charge is 0.298 e. The average Bonchev–Trinajstić information content (AvgIpc) is 3.45. The Hall–Kier alpha value is -1.18. The van der Waals surface area contributed by atoms with Gasteiger partial charge in [-0.25, -0.2) is 0 Å². The first kappa shape index (κ1) is 28.8. The van der Waals surface area contributed by atoms with Gasteiger partial charge in [-0.15, -0.1) is 0 Å². The van der Waals surface area contributed by atoms with Crippen LogP contribution in [0, 0.1) is 0 Å². The lowest BCUT2D eigenvalue weighted by Gasteiger charge is -2.31. The largest absolute Gasteiger partial charge is 0.449 e. The molecule has 0 spiro atoms. The summed E-state index contributed by atoms with van der Waals surface area (Å²) >= 11 is 21.1. The second-order valence-corrected chi connectivity index (χ2v) is 13.0. The Bertz CT molecular complexity index is 1410. The standard InChI is InChI=1S/C25H14Br6O6/c1-25(2,11-7-13(26)19(15-3-5-17(28)36-15)21(30)23(11)34-9-32)12-8-14(27)20(16-4-6-18(29)37-16)22(31)24(12)35-10-33/h3-10H,1-2H3. The minimum Gasteiger partial charge on any atom is -0.449 e. The molecule has 0 saturated heterocycles. The highest BCUT2D eigenvalue weighted by Gasteiger charge is 2.36. The summed E-state index contributed by atoms with van der Waals surface area (Å²) in [5, 5.41) is 0. The SMILES string of the molecule is CC(C)(c1cc(Br)c(-c2ccc(Br)o2)c(Br)c1OC=O)c1cc(Br)c(-c2ccc(Br)o2)c(Br)c1OC=O. The van der Waals surface area contributed by atoms with E-state index in [1.54, 1.807) is 24.3 Å². The van der Waals surface area contributed by atoms with E-state index < -0.39 is 5.41 Å². The first-order valence-electron chi connectivity index (χ1n) is 10.3. The quantitative estimate of drug-likeness (QED) is 0.164. The topological polar surface area (TPSA) is 78.9 Å². The highest BCUT2D eigenvalue weighted by molar-refractivity contribution is 9.11. The van der Waals surface area contributed by atoms with Gasteiger partial charge in [-0.3, -0.25) is 9.59 Å². The first-order valence-corrected chi connectivity index (χ1v) is 15.0. The van der Waals surface area contributed by atoms with Crippen LogP contribution in [0.4, 0.5) is 0 Å². The van der Waals surface area contributed by atoms with Gasteiger partial charge in [0.05, 0.1) is 8.95 Å². The van der Waals surface area contributed by atoms with Crippen molar-refractivity contribution in [2.45, 2.75) is 19.3 Å². The van der Waals surface area contributed by atoms with Crippen LogP contribution in [-0.2, 0) is 15.0 Å². The third-order valence-corrected chi connectivity index (χ3v) is 9.28. The molecule has 192 valence electrons. The van der Waals surface area contributed by atoms with Gasteiger partial charge in [0.1, 0.15) is 23.0 Å². The van der Waals surface area contributed by atoms with Crippen molar-refractivity contribution in [1.82, 2.24) is 0 Å². The Morgan fingerprint density at radius 2 is 1.05 bits per heavy atom. The van der Waals surface area contributed by atoms with E-state index in [-0.39, 0.29) is 11.5 Å². The number of furan rings is 2. The average molecular weight is 890 g/mol. The molecule has 0 amide bonds. The number of benzene rings is 2. The summed E-state index contributed by atoms with van der Waals surface area (Å²) in [6.45, 7) is 4.58. The maximum atomic E-state index is 11.6. The fourth-order valence-corrected chi connectivity index (χ4v) is 7.77. The van der Waals surface area contributed by atoms with E-state index in [0.29, 0.717) is 73.9 Å². The zero-order valence-electron chi connectivity index (χ0n) is 18.8. The molecular formula is C25H14Br6O6. The molecule has 0 radical (unpaired) electrons. The molecule has 0 unspecified atom stereocenters. The highest BCUT2D eigenvalue weighted by atomic mass is 79.9. The normalized spacial score (nSPS) is 11.5. The van der Waals surface area contributed by atoms with Gasteiger partial charge < -0.3 is 18.3 Å². The number of carbonyl (C=O) groups is 2. The third-order valence-electron chi connectivity index (χ3n) is 5.66. The summed E-state index contributed by atoms with van der Waals surface area (Å²) in [6, 6.07) is 10.8. The van der Waals surface area contributed by atoms with Crippen LogP contribution < -0.4 is 9.47 Å². The van der Waals surface area contributed by atoms with E-state index in [0.717, 1.165) is 0 Å². The van der Waals surface area contributed by atoms with Crippen molar-refractivity contribution in [3.05, 3.63) is 74.8 Å². The molecule has 0 N–H and O–H groups in total. The number of hydrogen-bond acceptors (Lipinski definition) is 6. The lowest BCUT2D eigenvalue weighted by atomic mass is 9.76. The van der Waals surface area contributed by atoms with Gasteiger partial charge in [-0.2, -0.15) is 0 Å². The van der Waals surface area contributed by atoms with Crippen LogP contribution in [0.1, 0.15) is 25.0 Å². The van der Waals surface area contributed by atoms with Crippen molar-refractivity contribution < 1.29 is 27.9 Å². The molecule has 0 atom stereocenters. The molecule has 2 aromatic carbocycles. The van der Waals surface area contributed by atoms with Crippen molar-refractivity contribution in [2.75, 3.05) is 0 Å². The molecule has 2 aromatic heterocycles. The van der Waals surface area contributed by atoms with E-state index in [1.165, 1.54) is 0 Å². The molecule has 4 aromatic rings. The van der Waals surface area contributed by atoms with Crippen molar-refractivity contribution in [3.63, 3.8) is 0 Å². The highest BCUT2D eigenvalue weighted by Crippen LogP contribution is 2.53. The zero-order chi connectivity index (χ0) is 27.1. The van der Waals surface area contributed by atoms with Crippen molar-refractivity contribution in [1.29, 1.82) is 0 Å². The van der Waals surface area contributed by atoms with Gasteiger partial charge in [-0.05, 0) is 132 Å². The maximum Gasteiger partial charge on any atom is 0.298 e. The van der Waals surface area contributed by atoms with Gasteiger partial charge in [0, 0.05) is 36.6 Å². The molecule has 0 fully saturated rings. The molecule has 6 nitrogen and oxygen atoms in total. The summed E-state index contributed by atoms with van der Waals surface area (Å²) in [6.07, 6.45) is 0. The molecule has 2 heterocycles. The Morgan fingerprint density at radius 1 is 0.676 bits per heavy atom. The summed E-state index contributed by atoms with van der Waals surface area (Å²) < 4.78 is 26.0. The van der Waals surface area contributed by atoms with E-state index in [9.17, 15) is 9.59 Å². The van der Waals surface area contributed by atoms with Gasteiger partial charge in [0.2, 0.25) is 0 Å². The number of hydrogen-bond donors (Lipinski definition) is 0. The van der Waals surface area contributed by atoms with Crippen LogP contribution in [-0.4, -0.2) is 12.9 Å². The Morgan fingerprint density at radius 3 is 1.35 bits per heavy atom. The van der Waals surface area contributed by atoms with Gasteiger partial charge in [0.15, 0.2) is 9.34 Å². The molecule has 0 aliphatic rings. The Balaban J connectivity index is 1.99. The molecule has 0 aliphatic heterocycles. The molecule has 0 bridgehead atoms. The molecule has 4 rings (SSSR count). The predicted octanol–water partition coefficient (Wildman–Crippen LogP) is 10.2. The molecular weight excluding hydrogens is 876 g/mol. The zero-order valence-corrected chi connectivity index (χ0v) is 28.4. The fourth-order valence-electron chi connectivity index (χ4n) is 3.95. The third kappa shape index (κ3) is 5.47. The van der Waals surface area contributed by atoms with Crippen LogP contribution in [0.5, 0.6) is 11.5 Å². The van der Waals surface area contributed by atoms with Gasteiger partial charge >= 0.3 is 0 Å². The Kier molecular flexibility index (Phi) is 8.97. The summed E-state index contributed by atoms with van der Waals surface area (Å²) in [5.41, 5.74) is 1.74. The summed E-state index contributed by atoms with van der Waals surface area (Å²) in [7, 11) is 0. The molecule has 0 aliphatic carbocycles. The van der Waals surface area contributed by atoms with Gasteiger partial charge in [-0.1, -0.05) is 13.8 Å². The monoisotopic (exact) mass is 884 g/mol. The lowest BCUT2D eigenvalue weighted by molar-refractivity contribution is -0.121. The van der Waals surface area contributed by atoms with Crippen molar-refractivity contribution in [2.24, 2.45) is 0 Å². The van der Waals surface area contributed by atoms with E-state index >= 15 is 0 Å². The summed E-state index contributed by atoms with van der Waals surface area (Å²) in [4.78, 5) is 23.1. The van der Waals surface area contributed by atoms with Crippen LogP contribution in [0.3, 0.4) is 0 Å². The minimum atomic E-state index is -0.850. The second-order valence-electron chi connectivity index (χ2n) is 8.11. The van der Waals surface area contributed by atoms with Crippen molar-refractivity contribution >= 4 is 109 Å². The number of halogens is 6.